The molecule has 0 saturated carbocycles. The maximum atomic E-state index is 6.42. The summed E-state index contributed by atoms with van der Waals surface area (Å²) in [5, 5.41) is 0.290. The summed E-state index contributed by atoms with van der Waals surface area (Å²) in [5.74, 6) is 0. The Morgan fingerprint density at radius 2 is 1.79 bits per heavy atom. The van der Waals surface area contributed by atoms with Gasteiger partial charge in [0.1, 0.15) is 0 Å². The Morgan fingerprint density at radius 1 is 1.07 bits per heavy atom. The van der Waals surface area contributed by atoms with Gasteiger partial charge >= 0.3 is 0 Å². The van der Waals surface area contributed by atoms with Crippen molar-refractivity contribution >= 4 is 8.32 Å². The topological polar surface area (TPSA) is 24.9 Å². The van der Waals surface area contributed by atoms with Gasteiger partial charge in [-0.3, -0.25) is 4.90 Å². The van der Waals surface area contributed by atoms with Crippen molar-refractivity contribution in [1.82, 2.24) is 9.80 Å². The van der Waals surface area contributed by atoms with Crippen LogP contribution in [0.15, 0.2) is 30.3 Å². The van der Waals surface area contributed by atoms with Gasteiger partial charge < -0.3 is 14.1 Å². The maximum Gasteiger partial charge on any atom is 0.191 e. The van der Waals surface area contributed by atoms with E-state index in [0.29, 0.717) is 23.3 Å². The van der Waals surface area contributed by atoms with Crippen molar-refractivity contribution in [2.24, 2.45) is 0 Å². The molecule has 0 N–H and O–H groups in total. The molecule has 2 bridgehead atoms. The molecule has 4 nitrogen and oxygen atoms in total. The van der Waals surface area contributed by atoms with E-state index in [4.69, 9.17) is 9.16 Å². The van der Waals surface area contributed by atoms with E-state index in [9.17, 15) is 0 Å². The molecule has 0 unspecified atom stereocenters. The number of morpholine rings is 2. The van der Waals surface area contributed by atoms with Gasteiger partial charge in [-0.15, -0.1) is 0 Å². The molecule has 3 atom stereocenters. The zero-order chi connectivity index (χ0) is 21.1. The largest absolute Gasteiger partial charge is 0.417 e. The lowest BCUT2D eigenvalue weighted by atomic mass is 9.95. The summed E-state index contributed by atoms with van der Waals surface area (Å²) in [6, 6.07) is 11.4. The number of rotatable bonds is 8. The molecule has 2 aliphatic heterocycles. The lowest BCUT2D eigenvalue weighted by molar-refractivity contribution is -0.165. The second-order valence-corrected chi connectivity index (χ2v) is 15.4. The Kier molecular flexibility index (Phi) is 7.60. The van der Waals surface area contributed by atoms with Crippen molar-refractivity contribution in [3.05, 3.63) is 35.9 Å². The average Bonchev–Trinajstić information content (AvgIpc) is 2.63. The molecule has 0 aliphatic carbocycles. The minimum absolute atomic E-state index is 0.290. The van der Waals surface area contributed by atoms with Gasteiger partial charge in [0.25, 0.3) is 0 Å². The van der Waals surface area contributed by atoms with Crippen LogP contribution in [0.25, 0.3) is 0 Å². The number of nitrogens with zero attached hydrogens (tertiary/aromatic N) is 2. The van der Waals surface area contributed by atoms with Crippen LogP contribution in [0.4, 0.5) is 0 Å². The highest BCUT2D eigenvalue weighted by Gasteiger charge is 2.40. The number of ether oxygens (including phenoxy) is 1. The van der Waals surface area contributed by atoms with E-state index in [1.807, 2.05) is 0 Å². The lowest BCUT2D eigenvalue weighted by Crippen LogP contribution is -2.63. The molecule has 3 rings (SSSR count). The minimum Gasteiger partial charge on any atom is -0.417 e. The van der Waals surface area contributed by atoms with Crippen molar-refractivity contribution in [2.75, 3.05) is 33.3 Å². The van der Waals surface area contributed by atoms with Crippen molar-refractivity contribution in [1.29, 1.82) is 0 Å². The van der Waals surface area contributed by atoms with Crippen LogP contribution in [0.5, 0.6) is 0 Å². The van der Waals surface area contributed by atoms with Crippen molar-refractivity contribution in [3.63, 3.8) is 0 Å². The Bertz CT molecular complexity index is 630. The highest BCUT2D eigenvalue weighted by Crippen LogP contribution is 2.36. The molecule has 0 amide bonds. The van der Waals surface area contributed by atoms with Gasteiger partial charge in [-0.25, -0.2) is 0 Å². The van der Waals surface area contributed by atoms with Crippen LogP contribution in [0.3, 0.4) is 0 Å². The third-order valence-electron chi connectivity index (χ3n) is 7.10. The Morgan fingerprint density at radius 3 is 2.48 bits per heavy atom. The number of unbranched alkanes of at least 4 members (excludes halogenated alkanes) is 1. The molecule has 164 valence electrons. The molecule has 5 heteroatoms. The molecular formula is C24H42N2O2Si. The normalized spacial score (nSPS) is 26.6. The fourth-order valence-corrected chi connectivity index (χ4v) is 5.46. The minimum atomic E-state index is -1.63. The summed E-state index contributed by atoms with van der Waals surface area (Å²) in [5.41, 5.74) is 1.41. The summed E-state index contributed by atoms with van der Waals surface area (Å²) >= 11 is 0. The maximum absolute atomic E-state index is 6.42. The summed E-state index contributed by atoms with van der Waals surface area (Å²) in [6.45, 7) is 16.7. The molecule has 1 aromatic carbocycles. The second-order valence-electron chi connectivity index (χ2n) is 10.6. The average molecular weight is 419 g/mol. The van der Waals surface area contributed by atoms with Crippen LogP contribution in [-0.4, -0.2) is 69.7 Å². The van der Waals surface area contributed by atoms with Gasteiger partial charge in [0.2, 0.25) is 0 Å². The number of hydrogen-bond donors (Lipinski definition) is 0. The van der Waals surface area contributed by atoms with Crippen LogP contribution in [0, 0.1) is 0 Å². The summed E-state index contributed by atoms with van der Waals surface area (Å²) in [4.78, 5) is 5.14. The predicted octanol–water partition coefficient (Wildman–Crippen LogP) is 4.76. The molecule has 1 aromatic rings. The van der Waals surface area contributed by atoms with E-state index in [2.05, 4.69) is 81.0 Å². The van der Waals surface area contributed by atoms with Gasteiger partial charge in [-0.1, -0.05) is 51.1 Å². The molecular weight excluding hydrogens is 376 g/mol. The van der Waals surface area contributed by atoms with Crippen LogP contribution in [0.2, 0.25) is 18.1 Å². The number of likely N-dealkylation sites (N-methyl/N-ethyl adjacent to an activating group) is 1. The van der Waals surface area contributed by atoms with Gasteiger partial charge in [0, 0.05) is 38.8 Å². The van der Waals surface area contributed by atoms with E-state index >= 15 is 0 Å². The Balaban J connectivity index is 1.55. The van der Waals surface area contributed by atoms with Crippen LogP contribution >= 0.6 is 0 Å². The fourth-order valence-electron chi connectivity index (χ4n) is 4.38. The monoisotopic (exact) mass is 418 g/mol. The number of benzene rings is 1. The quantitative estimate of drug-likeness (QED) is 0.449. The van der Waals surface area contributed by atoms with E-state index in [1.54, 1.807) is 0 Å². The zero-order valence-corrected chi connectivity index (χ0v) is 20.5. The molecule has 0 spiro atoms. The van der Waals surface area contributed by atoms with Crippen molar-refractivity contribution in [3.8, 4) is 0 Å². The second kappa shape index (κ2) is 9.61. The van der Waals surface area contributed by atoms with Gasteiger partial charge in [0.05, 0.1) is 12.2 Å². The highest BCUT2D eigenvalue weighted by molar-refractivity contribution is 6.74. The highest BCUT2D eigenvalue weighted by atomic mass is 28.4. The number of hydrogen-bond acceptors (Lipinski definition) is 4. The summed E-state index contributed by atoms with van der Waals surface area (Å²) < 4.78 is 12.8. The molecule has 0 radical (unpaired) electrons. The SMILES string of the molecule is CN1C[C@H]2CN(Cc3ccccc3)[C@@H](CCCCO[Si](C)(C)C(C)(C)C)[C@@H](C1)O2. The number of fused-ring (bicyclic) bond motifs is 2. The van der Waals surface area contributed by atoms with E-state index in [0.717, 1.165) is 39.2 Å². The molecule has 2 heterocycles. The first-order valence-electron chi connectivity index (χ1n) is 11.4. The summed E-state index contributed by atoms with van der Waals surface area (Å²) in [6.07, 6.45) is 4.23. The van der Waals surface area contributed by atoms with E-state index in [1.165, 1.54) is 18.4 Å². The zero-order valence-electron chi connectivity index (χ0n) is 19.5. The Hall–Kier alpha value is -0.723. The van der Waals surface area contributed by atoms with Crippen molar-refractivity contribution < 1.29 is 9.16 Å². The first-order chi connectivity index (χ1) is 13.7. The van der Waals surface area contributed by atoms with E-state index in [-0.39, 0.29) is 0 Å². The first-order valence-corrected chi connectivity index (χ1v) is 14.3. The Labute approximate surface area is 179 Å². The van der Waals surface area contributed by atoms with Gasteiger partial charge in [-0.05, 0) is 50.0 Å². The lowest BCUT2D eigenvalue weighted by Gasteiger charge is -2.50. The molecule has 2 saturated heterocycles. The van der Waals surface area contributed by atoms with Gasteiger partial charge in [-0.2, -0.15) is 0 Å². The van der Waals surface area contributed by atoms with Crippen LogP contribution in [0.1, 0.15) is 45.6 Å². The first kappa shape index (κ1) is 23.0. The fraction of sp³-hybridized carbons (Fsp3) is 0.750. The van der Waals surface area contributed by atoms with Crippen molar-refractivity contribution in [2.45, 2.75) is 83.0 Å². The molecule has 2 aliphatic rings. The third kappa shape index (κ3) is 6.14. The standard InChI is InChI=1S/C24H42N2O2Si/c1-24(2,3)29(5,6)27-15-11-10-14-22-23-19-25(4)17-21(28-23)18-26(22)16-20-12-8-7-9-13-20/h7-9,12-13,21-23H,10-11,14-19H2,1-6H3/t21-,22-,23+/m0/s1. The summed E-state index contributed by atoms with van der Waals surface area (Å²) in [7, 11) is 0.605. The molecule has 2 fully saturated rings. The molecule has 0 aromatic heterocycles. The smallest absolute Gasteiger partial charge is 0.191 e. The predicted molar refractivity (Wildman–Crippen MR) is 124 cm³/mol. The van der Waals surface area contributed by atoms with E-state index < -0.39 is 8.32 Å². The third-order valence-corrected chi connectivity index (χ3v) is 11.6. The van der Waals surface area contributed by atoms with Crippen LogP contribution < -0.4 is 0 Å². The van der Waals surface area contributed by atoms with Gasteiger partial charge in [0.15, 0.2) is 8.32 Å². The van der Waals surface area contributed by atoms with Crippen LogP contribution in [-0.2, 0) is 15.7 Å². The molecule has 29 heavy (non-hydrogen) atoms.